The van der Waals surface area contributed by atoms with E-state index in [1.165, 1.54) is 32.1 Å². The Labute approximate surface area is 126 Å². The van der Waals surface area contributed by atoms with Crippen molar-refractivity contribution >= 4 is 0 Å². The van der Waals surface area contributed by atoms with Gasteiger partial charge < -0.3 is 10.2 Å². The molecule has 2 N–H and O–H groups in total. The molecular formula is C17H25N3O. The molecule has 1 atom stereocenters. The number of aromatic nitrogens is 2. The zero-order valence-electron chi connectivity index (χ0n) is 12.6. The SMILES string of the molecule is NC(CCc1ccco1)Cc1ccn(C2CCCCC2)n1. The third kappa shape index (κ3) is 3.97. The van der Waals surface area contributed by atoms with Crippen LogP contribution in [-0.4, -0.2) is 15.8 Å². The summed E-state index contributed by atoms with van der Waals surface area (Å²) in [7, 11) is 0. The lowest BCUT2D eigenvalue weighted by molar-refractivity contribution is 0.327. The molecule has 2 aromatic rings. The van der Waals surface area contributed by atoms with Gasteiger partial charge in [-0.15, -0.1) is 0 Å². The predicted molar refractivity (Wildman–Crippen MR) is 83.1 cm³/mol. The van der Waals surface area contributed by atoms with Gasteiger partial charge in [-0.05, 0) is 37.5 Å². The highest BCUT2D eigenvalue weighted by atomic mass is 16.3. The molecular weight excluding hydrogens is 262 g/mol. The second-order valence-electron chi connectivity index (χ2n) is 6.16. The monoisotopic (exact) mass is 287 g/mol. The Morgan fingerprint density at radius 1 is 1.29 bits per heavy atom. The van der Waals surface area contributed by atoms with Gasteiger partial charge in [0, 0.05) is 25.1 Å². The Morgan fingerprint density at radius 3 is 2.90 bits per heavy atom. The van der Waals surface area contributed by atoms with Gasteiger partial charge in [-0.2, -0.15) is 5.10 Å². The molecule has 21 heavy (non-hydrogen) atoms. The molecule has 4 nitrogen and oxygen atoms in total. The fraction of sp³-hybridized carbons (Fsp3) is 0.588. The number of nitrogens with zero attached hydrogens (tertiary/aromatic N) is 2. The van der Waals surface area contributed by atoms with Crippen LogP contribution >= 0.6 is 0 Å². The summed E-state index contributed by atoms with van der Waals surface area (Å²) >= 11 is 0. The van der Waals surface area contributed by atoms with Crippen molar-refractivity contribution in [3.63, 3.8) is 0 Å². The summed E-state index contributed by atoms with van der Waals surface area (Å²) in [5.41, 5.74) is 7.34. The maximum atomic E-state index is 6.22. The minimum atomic E-state index is 0.143. The van der Waals surface area contributed by atoms with Gasteiger partial charge in [-0.25, -0.2) is 0 Å². The summed E-state index contributed by atoms with van der Waals surface area (Å²) in [5.74, 6) is 1.01. The van der Waals surface area contributed by atoms with Crippen LogP contribution in [0.5, 0.6) is 0 Å². The first-order valence-corrected chi connectivity index (χ1v) is 8.13. The lowest BCUT2D eigenvalue weighted by Crippen LogP contribution is -2.24. The molecule has 0 saturated heterocycles. The summed E-state index contributed by atoms with van der Waals surface area (Å²) in [4.78, 5) is 0. The molecule has 1 saturated carbocycles. The van der Waals surface area contributed by atoms with Gasteiger partial charge in [-0.3, -0.25) is 4.68 Å². The van der Waals surface area contributed by atoms with Crippen molar-refractivity contribution in [3.8, 4) is 0 Å². The quantitative estimate of drug-likeness (QED) is 0.885. The van der Waals surface area contributed by atoms with Gasteiger partial charge >= 0.3 is 0 Å². The molecule has 1 aliphatic rings. The molecule has 0 aromatic carbocycles. The van der Waals surface area contributed by atoms with Gasteiger partial charge in [0.1, 0.15) is 5.76 Å². The molecule has 0 amide bonds. The Bertz CT molecular complexity index is 526. The first-order valence-electron chi connectivity index (χ1n) is 8.13. The topological polar surface area (TPSA) is 57.0 Å². The van der Waals surface area contributed by atoms with E-state index in [1.54, 1.807) is 6.26 Å². The fourth-order valence-electron chi connectivity index (χ4n) is 3.19. The molecule has 2 heterocycles. The summed E-state index contributed by atoms with van der Waals surface area (Å²) < 4.78 is 7.50. The van der Waals surface area contributed by atoms with E-state index in [0.717, 1.165) is 30.7 Å². The van der Waals surface area contributed by atoms with Crippen molar-refractivity contribution in [2.75, 3.05) is 0 Å². The molecule has 0 spiro atoms. The molecule has 2 aromatic heterocycles. The van der Waals surface area contributed by atoms with Crippen LogP contribution in [0.2, 0.25) is 0 Å². The minimum absolute atomic E-state index is 0.143. The van der Waals surface area contributed by atoms with E-state index >= 15 is 0 Å². The Morgan fingerprint density at radius 2 is 2.14 bits per heavy atom. The van der Waals surface area contributed by atoms with Crippen LogP contribution in [0.25, 0.3) is 0 Å². The van der Waals surface area contributed by atoms with Crippen LogP contribution in [0.3, 0.4) is 0 Å². The van der Waals surface area contributed by atoms with E-state index in [1.807, 2.05) is 12.1 Å². The van der Waals surface area contributed by atoms with E-state index in [0.29, 0.717) is 6.04 Å². The Kier molecular flexibility index (Phi) is 4.76. The first kappa shape index (κ1) is 14.4. The van der Waals surface area contributed by atoms with E-state index in [4.69, 9.17) is 15.2 Å². The second kappa shape index (κ2) is 6.94. The Hall–Kier alpha value is -1.55. The standard InChI is InChI=1S/C17H25N3O/c18-14(8-9-17-7-4-12-21-17)13-15-10-11-20(19-15)16-5-2-1-3-6-16/h4,7,10-12,14,16H,1-3,5-6,8-9,13,18H2. The van der Waals surface area contributed by atoms with Crippen LogP contribution in [0.1, 0.15) is 56.0 Å². The lowest BCUT2D eigenvalue weighted by atomic mass is 9.96. The normalized spacial score (nSPS) is 18.0. The van der Waals surface area contributed by atoms with Gasteiger partial charge in [-0.1, -0.05) is 19.3 Å². The van der Waals surface area contributed by atoms with Crippen molar-refractivity contribution in [2.45, 2.75) is 63.5 Å². The summed E-state index contributed by atoms with van der Waals surface area (Å²) in [6.45, 7) is 0. The number of nitrogens with two attached hydrogens (primary N) is 1. The molecule has 3 rings (SSSR count). The molecule has 1 fully saturated rings. The van der Waals surface area contributed by atoms with E-state index in [2.05, 4.69) is 16.9 Å². The van der Waals surface area contributed by atoms with Crippen molar-refractivity contribution in [3.05, 3.63) is 42.1 Å². The molecule has 4 heteroatoms. The van der Waals surface area contributed by atoms with Crippen LogP contribution in [0, 0.1) is 0 Å². The summed E-state index contributed by atoms with van der Waals surface area (Å²) in [6, 6.07) is 6.80. The van der Waals surface area contributed by atoms with E-state index in [9.17, 15) is 0 Å². The second-order valence-corrected chi connectivity index (χ2v) is 6.16. The molecule has 0 aliphatic heterocycles. The fourth-order valence-corrected chi connectivity index (χ4v) is 3.19. The highest BCUT2D eigenvalue weighted by Gasteiger charge is 2.16. The van der Waals surface area contributed by atoms with Crippen LogP contribution in [0.15, 0.2) is 35.1 Å². The van der Waals surface area contributed by atoms with Gasteiger partial charge in [0.05, 0.1) is 18.0 Å². The number of aryl methyl sites for hydroxylation is 1. The maximum Gasteiger partial charge on any atom is 0.103 e. The zero-order chi connectivity index (χ0) is 14.5. The molecule has 0 bridgehead atoms. The Balaban J connectivity index is 1.49. The van der Waals surface area contributed by atoms with E-state index < -0.39 is 0 Å². The van der Waals surface area contributed by atoms with Crippen molar-refractivity contribution in [1.82, 2.24) is 9.78 Å². The molecule has 1 aliphatic carbocycles. The zero-order valence-corrected chi connectivity index (χ0v) is 12.6. The first-order chi connectivity index (χ1) is 10.3. The smallest absolute Gasteiger partial charge is 0.103 e. The van der Waals surface area contributed by atoms with Gasteiger partial charge in [0.25, 0.3) is 0 Å². The summed E-state index contributed by atoms with van der Waals surface area (Å²) in [5, 5.41) is 4.73. The average Bonchev–Trinajstić information content (AvgIpc) is 3.17. The third-order valence-corrected chi connectivity index (χ3v) is 4.43. The van der Waals surface area contributed by atoms with Crippen molar-refractivity contribution < 1.29 is 4.42 Å². The largest absolute Gasteiger partial charge is 0.469 e. The molecule has 1 unspecified atom stereocenters. The highest BCUT2D eigenvalue weighted by Crippen LogP contribution is 2.27. The minimum Gasteiger partial charge on any atom is -0.469 e. The third-order valence-electron chi connectivity index (χ3n) is 4.43. The lowest BCUT2D eigenvalue weighted by Gasteiger charge is -2.21. The van der Waals surface area contributed by atoms with Gasteiger partial charge in [0.15, 0.2) is 0 Å². The average molecular weight is 287 g/mol. The van der Waals surface area contributed by atoms with Crippen LogP contribution in [0.4, 0.5) is 0 Å². The number of hydrogen-bond acceptors (Lipinski definition) is 3. The van der Waals surface area contributed by atoms with Crippen molar-refractivity contribution in [2.24, 2.45) is 5.73 Å². The number of hydrogen-bond donors (Lipinski definition) is 1. The van der Waals surface area contributed by atoms with Gasteiger partial charge in [0.2, 0.25) is 0 Å². The number of rotatable bonds is 6. The predicted octanol–water partition coefficient (Wildman–Crippen LogP) is 3.48. The van der Waals surface area contributed by atoms with E-state index in [-0.39, 0.29) is 6.04 Å². The summed E-state index contributed by atoms with van der Waals surface area (Å²) in [6.07, 6.45) is 13.1. The maximum absolute atomic E-state index is 6.22. The molecule has 0 radical (unpaired) electrons. The van der Waals surface area contributed by atoms with Crippen LogP contribution in [-0.2, 0) is 12.8 Å². The van der Waals surface area contributed by atoms with Crippen LogP contribution < -0.4 is 5.73 Å². The number of furan rings is 1. The van der Waals surface area contributed by atoms with Crippen molar-refractivity contribution in [1.29, 1.82) is 0 Å². The molecule has 114 valence electrons. The highest BCUT2D eigenvalue weighted by molar-refractivity contribution is 5.03.